The second kappa shape index (κ2) is 7.98. The van der Waals surface area contributed by atoms with Crippen molar-refractivity contribution < 1.29 is 19.4 Å². The second-order valence-electron chi connectivity index (χ2n) is 4.96. The molecule has 0 fully saturated rings. The summed E-state index contributed by atoms with van der Waals surface area (Å²) >= 11 is 0. The van der Waals surface area contributed by atoms with E-state index >= 15 is 0 Å². The number of hydrogen-bond donors (Lipinski definition) is 2. The molecule has 0 unspecified atom stereocenters. The highest BCUT2D eigenvalue weighted by atomic mass is 16.5. The molecule has 0 aliphatic heterocycles. The van der Waals surface area contributed by atoms with E-state index in [0.29, 0.717) is 13.0 Å². The Bertz CT molecular complexity index is 664. The summed E-state index contributed by atoms with van der Waals surface area (Å²) in [7, 11) is 1.62. The third kappa shape index (κ3) is 5.14. The van der Waals surface area contributed by atoms with Gasteiger partial charge >= 0.3 is 5.97 Å². The maximum Gasteiger partial charge on any atom is 0.305 e. The fourth-order valence-electron chi connectivity index (χ4n) is 2.02. The topological polar surface area (TPSA) is 93.5 Å². The van der Waals surface area contributed by atoms with Gasteiger partial charge in [-0.1, -0.05) is 12.1 Å². The van der Waals surface area contributed by atoms with Crippen LogP contribution in [0, 0.1) is 0 Å². The van der Waals surface area contributed by atoms with E-state index in [4.69, 9.17) is 9.84 Å². The zero-order chi connectivity index (χ0) is 16.7. The van der Waals surface area contributed by atoms with Gasteiger partial charge in [-0.05, 0) is 30.2 Å². The van der Waals surface area contributed by atoms with Crippen molar-refractivity contribution in [3.63, 3.8) is 0 Å². The number of nitrogens with one attached hydrogen (secondary N) is 1. The van der Waals surface area contributed by atoms with Crippen LogP contribution < -0.4 is 10.1 Å². The number of benzene rings is 1. The van der Waals surface area contributed by atoms with Crippen LogP contribution in [0.1, 0.15) is 22.5 Å². The average Bonchev–Trinajstić information content (AvgIpc) is 3.02. The monoisotopic (exact) mass is 317 g/mol. The number of hydrogen-bond acceptors (Lipinski definition) is 4. The minimum atomic E-state index is -0.897. The molecule has 2 N–H and O–H groups in total. The van der Waals surface area contributed by atoms with Gasteiger partial charge in [0.1, 0.15) is 11.4 Å². The molecule has 0 atom stereocenters. The molecule has 1 aromatic heterocycles. The number of aromatic nitrogens is 2. The molecular weight excluding hydrogens is 298 g/mol. The molecule has 0 saturated heterocycles. The maximum atomic E-state index is 12.0. The Kier molecular flexibility index (Phi) is 5.74. The van der Waals surface area contributed by atoms with Gasteiger partial charge in [0.15, 0.2) is 0 Å². The SMILES string of the molecule is COc1ccc(CCNC(=O)c2ccn(CCC(=O)O)n2)cc1. The number of carbonyl (C=O) groups excluding carboxylic acids is 1. The molecule has 0 spiro atoms. The molecule has 1 amide bonds. The van der Waals surface area contributed by atoms with E-state index in [0.717, 1.165) is 11.3 Å². The van der Waals surface area contributed by atoms with Crippen LogP contribution in [0.2, 0.25) is 0 Å². The van der Waals surface area contributed by atoms with Crippen molar-refractivity contribution >= 4 is 11.9 Å². The molecular formula is C16H19N3O4. The van der Waals surface area contributed by atoms with Crippen molar-refractivity contribution in [1.29, 1.82) is 0 Å². The molecule has 1 aromatic carbocycles. The Morgan fingerprint density at radius 3 is 2.65 bits per heavy atom. The summed E-state index contributed by atoms with van der Waals surface area (Å²) in [4.78, 5) is 22.5. The number of carboxylic acids is 1. The predicted molar refractivity (Wildman–Crippen MR) is 83.5 cm³/mol. The highest BCUT2D eigenvalue weighted by Gasteiger charge is 2.09. The molecule has 7 heteroatoms. The average molecular weight is 317 g/mol. The van der Waals surface area contributed by atoms with Gasteiger partial charge in [-0.2, -0.15) is 5.10 Å². The van der Waals surface area contributed by atoms with Crippen LogP contribution >= 0.6 is 0 Å². The first-order valence-electron chi connectivity index (χ1n) is 7.25. The lowest BCUT2D eigenvalue weighted by molar-refractivity contribution is -0.137. The number of aryl methyl sites for hydroxylation is 1. The number of carboxylic acid groups (broad SMARTS) is 1. The first-order chi connectivity index (χ1) is 11.1. The van der Waals surface area contributed by atoms with Crippen LogP contribution in [0.25, 0.3) is 0 Å². The lowest BCUT2D eigenvalue weighted by Crippen LogP contribution is -2.26. The number of nitrogens with zero attached hydrogens (tertiary/aromatic N) is 2. The third-order valence-electron chi connectivity index (χ3n) is 3.29. The van der Waals surface area contributed by atoms with Crippen LogP contribution in [-0.2, 0) is 17.8 Å². The summed E-state index contributed by atoms with van der Waals surface area (Å²) in [6.45, 7) is 0.738. The summed E-state index contributed by atoms with van der Waals surface area (Å²) in [6, 6.07) is 9.23. The number of methoxy groups -OCH3 is 1. The largest absolute Gasteiger partial charge is 0.497 e. The third-order valence-corrected chi connectivity index (χ3v) is 3.29. The van der Waals surface area contributed by atoms with Crippen molar-refractivity contribution in [2.45, 2.75) is 19.4 Å². The molecule has 0 aliphatic carbocycles. The Morgan fingerprint density at radius 1 is 1.26 bits per heavy atom. The van der Waals surface area contributed by atoms with Gasteiger partial charge in [0.05, 0.1) is 20.1 Å². The molecule has 0 saturated carbocycles. The van der Waals surface area contributed by atoms with Crippen molar-refractivity contribution in [2.24, 2.45) is 0 Å². The van der Waals surface area contributed by atoms with Crippen LogP contribution in [0.5, 0.6) is 5.75 Å². The summed E-state index contributed by atoms with van der Waals surface area (Å²) in [5.41, 5.74) is 1.38. The zero-order valence-electron chi connectivity index (χ0n) is 12.9. The molecule has 122 valence electrons. The standard InChI is InChI=1S/C16H19N3O4/c1-23-13-4-2-12(3-5-13)6-9-17-16(22)14-7-10-19(18-14)11-8-15(20)21/h2-5,7,10H,6,8-9,11H2,1H3,(H,17,22)(H,20,21). The minimum Gasteiger partial charge on any atom is -0.497 e. The van der Waals surface area contributed by atoms with Crippen LogP contribution in [0.15, 0.2) is 36.5 Å². The molecule has 2 rings (SSSR count). The first kappa shape index (κ1) is 16.5. The molecule has 1 heterocycles. The van der Waals surface area contributed by atoms with Gasteiger partial charge in [0.25, 0.3) is 5.91 Å². The van der Waals surface area contributed by atoms with Gasteiger partial charge in [0, 0.05) is 12.7 Å². The number of amides is 1. The summed E-state index contributed by atoms with van der Waals surface area (Å²) < 4.78 is 6.54. The van der Waals surface area contributed by atoms with E-state index in [9.17, 15) is 9.59 Å². The van der Waals surface area contributed by atoms with E-state index in [-0.39, 0.29) is 24.6 Å². The highest BCUT2D eigenvalue weighted by molar-refractivity contribution is 5.92. The Labute approximate surface area is 133 Å². The van der Waals surface area contributed by atoms with Gasteiger partial charge in [-0.3, -0.25) is 14.3 Å². The number of ether oxygens (including phenoxy) is 1. The highest BCUT2D eigenvalue weighted by Crippen LogP contribution is 2.11. The Morgan fingerprint density at radius 2 is 2.00 bits per heavy atom. The lowest BCUT2D eigenvalue weighted by Gasteiger charge is -2.05. The maximum absolute atomic E-state index is 12.0. The Hall–Kier alpha value is -2.83. The molecule has 0 bridgehead atoms. The minimum absolute atomic E-state index is 0.0276. The van der Waals surface area contributed by atoms with Crippen molar-refractivity contribution in [3.8, 4) is 5.75 Å². The Balaban J connectivity index is 1.78. The van der Waals surface area contributed by atoms with Crippen LogP contribution in [0.4, 0.5) is 0 Å². The van der Waals surface area contributed by atoms with Crippen LogP contribution in [0.3, 0.4) is 0 Å². The van der Waals surface area contributed by atoms with Gasteiger partial charge < -0.3 is 15.2 Å². The number of aliphatic carboxylic acids is 1. The lowest BCUT2D eigenvalue weighted by atomic mass is 10.1. The van der Waals surface area contributed by atoms with Gasteiger partial charge in [-0.25, -0.2) is 0 Å². The predicted octanol–water partition coefficient (Wildman–Crippen LogP) is 1.34. The zero-order valence-corrected chi connectivity index (χ0v) is 12.9. The quantitative estimate of drug-likeness (QED) is 0.766. The molecule has 2 aromatic rings. The second-order valence-corrected chi connectivity index (χ2v) is 4.96. The van der Waals surface area contributed by atoms with Crippen LogP contribution in [-0.4, -0.2) is 40.4 Å². The molecule has 0 radical (unpaired) electrons. The normalized spacial score (nSPS) is 10.3. The van der Waals surface area contributed by atoms with Crippen molar-refractivity contribution in [2.75, 3.05) is 13.7 Å². The summed E-state index contributed by atoms with van der Waals surface area (Å²) in [6.07, 6.45) is 2.27. The summed E-state index contributed by atoms with van der Waals surface area (Å²) in [5.74, 6) is -0.372. The van der Waals surface area contributed by atoms with Gasteiger partial charge in [0.2, 0.25) is 0 Å². The molecule has 0 aliphatic rings. The smallest absolute Gasteiger partial charge is 0.305 e. The first-order valence-corrected chi connectivity index (χ1v) is 7.25. The van der Waals surface area contributed by atoms with Crippen molar-refractivity contribution in [3.05, 3.63) is 47.8 Å². The van der Waals surface area contributed by atoms with E-state index in [1.807, 2.05) is 24.3 Å². The van der Waals surface area contributed by atoms with E-state index in [2.05, 4.69) is 10.4 Å². The fourth-order valence-corrected chi connectivity index (χ4v) is 2.02. The van der Waals surface area contributed by atoms with Crippen molar-refractivity contribution in [1.82, 2.24) is 15.1 Å². The summed E-state index contributed by atoms with van der Waals surface area (Å²) in [5, 5.41) is 15.5. The molecule has 7 nitrogen and oxygen atoms in total. The van der Waals surface area contributed by atoms with Gasteiger partial charge in [-0.15, -0.1) is 0 Å². The number of carbonyl (C=O) groups is 2. The van der Waals surface area contributed by atoms with E-state index < -0.39 is 5.97 Å². The fraction of sp³-hybridized carbons (Fsp3) is 0.312. The number of rotatable bonds is 8. The van der Waals surface area contributed by atoms with E-state index in [1.165, 1.54) is 4.68 Å². The molecule has 23 heavy (non-hydrogen) atoms. The van der Waals surface area contributed by atoms with E-state index in [1.54, 1.807) is 19.4 Å².